The standard InChI is InChI=1S/C20H22ClN3O2S.C7H7Cl.C2H6/c1-14-5-6-15(11-19(14)22-13-25)23-20(26)17-8-7-16(12-18(17)21)24-9-3-2-4-10-27-24;1-6-3-2-4-7(8)5-6;1-2/h5-8,11-13H,2-4,9-10H2,1H3,(H,22,25)(H,23,26);2-5H,1H3;1-2H3. The van der Waals surface area contributed by atoms with Crippen molar-refractivity contribution in [3.8, 4) is 0 Å². The summed E-state index contributed by atoms with van der Waals surface area (Å²) in [4.78, 5) is 23.3. The Balaban J connectivity index is 0.000000406. The summed E-state index contributed by atoms with van der Waals surface area (Å²) in [7, 11) is 0. The first-order valence-electron chi connectivity index (χ1n) is 12.4. The van der Waals surface area contributed by atoms with Gasteiger partial charge in [-0.05, 0) is 92.2 Å². The van der Waals surface area contributed by atoms with Crippen LogP contribution in [0.25, 0.3) is 0 Å². The van der Waals surface area contributed by atoms with E-state index in [1.807, 2.05) is 82.1 Å². The Bertz CT molecular complexity index is 1150. The summed E-state index contributed by atoms with van der Waals surface area (Å²) in [6.45, 7) is 8.89. The molecule has 3 aromatic carbocycles. The summed E-state index contributed by atoms with van der Waals surface area (Å²) >= 11 is 13.9. The molecule has 0 aliphatic carbocycles. The number of nitrogens with one attached hydrogen (secondary N) is 2. The molecule has 0 unspecified atom stereocenters. The number of rotatable bonds is 5. The summed E-state index contributed by atoms with van der Waals surface area (Å²) in [5.74, 6) is 0.820. The van der Waals surface area contributed by atoms with Gasteiger partial charge in [0.05, 0.1) is 10.6 Å². The van der Waals surface area contributed by atoms with Crippen LogP contribution < -0.4 is 14.9 Å². The van der Waals surface area contributed by atoms with Crippen molar-refractivity contribution in [3.05, 3.63) is 87.4 Å². The fourth-order valence-corrected chi connectivity index (χ4v) is 5.12. The zero-order valence-corrected chi connectivity index (χ0v) is 24.1. The van der Waals surface area contributed by atoms with Crippen LogP contribution in [0.1, 0.15) is 54.6 Å². The van der Waals surface area contributed by atoms with E-state index < -0.39 is 0 Å². The lowest BCUT2D eigenvalue weighted by atomic mass is 10.1. The summed E-state index contributed by atoms with van der Waals surface area (Å²) in [5, 5.41) is 6.69. The monoisotopic (exact) mass is 559 g/mol. The summed E-state index contributed by atoms with van der Waals surface area (Å²) < 4.78 is 2.25. The third-order valence-electron chi connectivity index (χ3n) is 5.43. The maximum absolute atomic E-state index is 12.6. The highest BCUT2D eigenvalue weighted by molar-refractivity contribution is 8.00. The van der Waals surface area contributed by atoms with Crippen LogP contribution >= 0.6 is 35.1 Å². The topological polar surface area (TPSA) is 61.4 Å². The molecule has 37 heavy (non-hydrogen) atoms. The third-order valence-corrected chi connectivity index (χ3v) is 7.15. The number of anilines is 3. The predicted molar refractivity (Wildman–Crippen MR) is 161 cm³/mol. The Hall–Kier alpha value is -2.67. The van der Waals surface area contributed by atoms with E-state index in [0.29, 0.717) is 28.4 Å². The Morgan fingerprint density at radius 1 is 0.973 bits per heavy atom. The van der Waals surface area contributed by atoms with E-state index in [1.165, 1.54) is 18.4 Å². The van der Waals surface area contributed by atoms with Gasteiger partial charge in [-0.15, -0.1) is 0 Å². The van der Waals surface area contributed by atoms with Gasteiger partial charge in [0, 0.05) is 34.4 Å². The molecule has 1 saturated heterocycles. The van der Waals surface area contributed by atoms with Crippen LogP contribution in [0.5, 0.6) is 0 Å². The zero-order chi connectivity index (χ0) is 27.2. The number of carbonyl (C=O) groups is 2. The van der Waals surface area contributed by atoms with Crippen LogP contribution in [0, 0.1) is 13.8 Å². The molecule has 8 heteroatoms. The number of halogens is 2. The van der Waals surface area contributed by atoms with Gasteiger partial charge in [-0.3, -0.25) is 9.59 Å². The fraction of sp³-hybridized carbons (Fsp3) is 0.310. The second-order valence-electron chi connectivity index (χ2n) is 8.21. The molecular weight excluding hydrogens is 525 g/mol. The molecule has 1 aliphatic rings. The van der Waals surface area contributed by atoms with Crippen LogP contribution in [-0.4, -0.2) is 24.6 Å². The van der Waals surface area contributed by atoms with Gasteiger partial charge in [0.15, 0.2) is 0 Å². The number of nitrogens with zero attached hydrogens (tertiary/aromatic N) is 1. The highest BCUT2D eigenvalue weighted by atomic mass is 35.5. The van der Waals surface area contributed by atoms with E-state index in [2.05, 4.69) is 14.9 Å². The second kappa shape index (κ2) is 16.2. The molecular formula is C29H35Cl2N3O2S. The van der Waals surface area contributed by atoms with Gasteiger partial charge >= 0.3 is 0 Å². The normalized spacial score (nSPS) is 12.6. The van der Waals surface area contributed by atoms with Crippen molar-refractivity contribution >= 4 is 64.5 Å². The first kappa shape index (κ1) is 30.6. The number of hydrogen-bond donors (Lipinski definition) is 2. The van der Waals surface area contributed by atoms with E-state index >= 15 is 0 Å². The van der Waals surface area contributed by atoms with Gasteiger partial charge in [0.1, 0.15) is 0 Å². The first-order valence-corrected chi connectivity index (χ1v) is 14.1. The van der Waals surface area contributed by atoms with E-state index in [0.717, 1.165) is 35.0 Å². The molecule has 1 aliphatic heterocycles. The lowest BCUT2D eigenvalue weighted by Crippen LogP contribution is -2.16. The Morgan fingerprint density at radius 3 is 2.41 bits per heavy atom. The van der Waals surface area contributed by atoms with Gasteiger partial charge in [0.25, 0.3) is 5.91 Å². The van der Waals surface area contributed by atoms with Gasteiger partial charge in [0.2, 0.25) is 6.41 Å². The molecule has 0 bridgehead atoms. The smallest absolute Gasteiger partial charge is 0.257 e. The second-order valence-corrected chi connectivity index (χ2v) is 10.2. The SMILES string of the molecule is CC.Cc1ccc(NC(=O)c2ccc(N3CCCCCS3)cc2Cl)cc1NC=O.Cc1cccc(Cl)c1. The Morgan fingerprint density at radius 2 is 1.76 bits per heavy atom. The van der Waals surface area contributed by atoms with E-state index in [9.17, 15) is 9.59 Å². The molecule has 1 fully saturated rings. The minimum absolute atomic E-state index is 0.282. The molecule has 0 radical (unpaired) electrons. The zero-order valence-electron chi connectivity index (χ0n) is 21.8. The maximum atomic E-state index is 12.6. The molecule has 2 amide bonds. The molecule has 4 rings (SSSR count). The summed E-state index contributed by atoms with van der Waals surface area (Å²) in [6, 6.07) is 18.7. The fourth-order valence-electron chi connectivity index (χ4n) is 3.54. The van der Waals surface area contributed by atoms with Crippen molar-refractivity contribution in [1.29, 1.82) is 0 Å². The van der Waals surface area contributed by atoms with Crippen molar-refractivity contribution in [1.82, 2.24) is 0 Å². The summed E-state index contributed by atoms with van der Waals surface area (Å²) in [6.07, 6.45) is 4.25. The molecule has 198 valence electrons. The molecule has 5 nitrogen and oxygen atoms in total. The highest BCUT2D eigenvalue weighted by Gasteiger charge is 2.16. The van der Waals surface area contributed by atoms with Crippen molar-refractivity contribution in [2.75, 3.05) is 27.2 Å². The van der Waals surface area contributed by atoms with Crippen LogP contribution in [-0.2, 0) is 4.79 Å². The number of carbonyl (C=O) groups excluding carboxylic acids is 2. The van der Waals surface area contributed by atoms with Gasteiger partial charge in [-0.1, -0.05) is 61.7 Å². The minimum atomic E-state index is -0.282. The Kier molecular flexibility index (Phi) is 13.4. The molecule has 2 N–H and O–H groups in total. The molecule has 0 aromatic heterocycles. The maximum Gasteiger partial charge on any atom is 0.257 e. The van der Waals surface area contributed by atoms with Crippen molar-refractivity contribution in [2.45, 2.75) is 47.0 Å². The first-order chi connectivity index (χ1) is 17.9. The van der Waals surface area contributed by atoms with Gasteiger partial charge in [-0.2, -0.15) is 0 Å². The molecule has 0 atom stereocenters. The summed E-state index contributed by atoms with van der Waals surface area (Å²) in [5.41, 5.74) is 4.82. The molecule has 0 saturated carbocycles. The molecule has 3 aromatic rings. The van der Waals surface area contributed by atoms with Crippen molar-refractivity contribution in [2.24, 2.45) is 0 Å². The van der Waals surface area contributed by atoms with Crippen LogP contribution in [0.3, 0.4) is 0 Å². The van der Waals surface area contributed by atoms with Gasteiger partial charge in [-0.25, -0.2) is 0 Å². The Labute approximate surface area is 235 Å². The van der Waals surface area contributed by atoms with Crippen LogP contribution in [0.2, 0.25) is 10.0 Å². The number of hydrogen-bond acceptors (Lipinski definition) is 4. The van der Waals surface area contributed by atoms with Crippen LogP contribution in [0.4, 0.5) is 17.1 Å². The van der Waals surface area contributed by atoms with Crippen molar-refractivity contribution in [3.63, 3.8) is 0 Å². The quantitative estimate of drug-likeness (QED) is 0.242. The highest BCUT2D eigenvalue weighted by Crippen LogP contribution is 2.31. The predicted octanol–water partition coefficient (Wildman–Crippen LogP) is 8.78. The minimum Gasteiger partial charge on any atom is -0.328 e. The lowest BCUT2D eigenvalue weighted by Gasteiger charge is -2.21. The molecule has 0 spiro atoms. The third kappa shape index (κ3) is 9.95. The van der Waals surface area contributed by atoms with E-state index in [-0.39, 0.29) is 5.91 Å². The molecule has 1 heterocycles. The average Bonchev–Trinajstić information content (AvgIpc) is 3.17. The number of amides is 2. The van der Waals surface area contributed by atoms with Crippen molar-refractivity contribution < 1.29 is 9.59 Å². The van der Waals surface area contributed by atoms with E-state index in [4.69, 9.17) is 23.2 Å². The number of aryl methyl sites for hydroxylation is 2. The number of benzene rings is 3. The van der Waals surface area contributed by atoms with E-state index in [1.54, 1.807) is 18.2 Å². The average molecular weight is 561 g/mol. The largest absolute Gasteiger partial charge is 0.328 e. The lowest BCUT2D eigenvalue weighted by molar-refractivity contribution is -0.105. The van der Waals surface area contributed by atoms with Crippen LogP contribution in [0.15, 0.2) is 60.7 Å². The van der Waals surface area contributed by atoms with Gasteiger partial charge < -0.3 is 14.9 Å².